The quantitative estimate of drug-likeness (QED) is 0.772. The minimum Gasteiger partial charge on any atom is -0.481 e. The second kappa shape index (κ2) is 4.44. The van der Waals surface area contributed by atoms with E-state index in [0.29, 0.717) is 13.1 Å². The Hall–Kier alpha value is -1.06. The first kappa shape index (κ1) is 11.4. The lowest BCUT2D eigenvalue weighted by Crippen LogP contribution is -2.34. The Labute approximate surface area is 95.6 Å². The largest absolute Gasteiger partial charge is 0.481 e. The number of carbonyl (C=O) groups excluding carboxylic acids is 1. The minimum absolute atomic E-state index is 0.0860. The van der Waals surface area contributed by atoms with Crippen molar-refractivity contribution in [3.8, 4) is 0 Å². The lowest BCUT2D eigenvalue weighted by atomic mass is 9.99. The molecule has 90 valence electrons. The van der Waals surface area contributed by atoms with Crippen molar-refractivity contribution in [2.24, 2.45) is 17.8 Å². The van der Waals surface area contributed by atoms with E-state index in [-0.39, 0.29) is 23.7 Å². The van der Waals surface area contributed by atoms with Crippen molar-refractivity contribution in [3.63, 3.8) is 0 Å². The summed E-state index contributed by atoms with van der Waals surface area (Å²) < 4.78 is 0. The highest BCUT2D eigenvalue weighted by Gasteiger charge is 2.39. The van der Waals surface area contributed by atoms with Crippen LogP contribution in [0.5, 0.6) is 0 Å². The van der Waals surface area contributed by atoms with Crippen molar-refractivity contribution in [2.45, 2.75) is 32.6 Å². The average Bonchev–Trinajstić information content (AvgIpc) is 2.84. The first-order chi connectivity index (χ1) is 7.59. The van der Waals surface area contributed by atoms with Crippen molar-refractivity contribution >= 4 is 11.9 Å². The second-order valence-electron chi connectivity index (χ2n) is 5.15. The van der Waals surface area contributed by atoms with Crippen LogP contribution in [0.2, 0.25) is 0 Å². The van der Waals surface area contributed by atoms with Crippen molar-refractivity contribution < 1.29 is 14.7 Å². The van der Waals surface area contributed by atoms with Crippen LogP contribution in [0.1, 0.15) is 32.6 Å². The molecule has 1 heterocycles. The molecule has 0 unspecified atom stereocenters. The summed E-state index contributed by atoms with van der Waals surface area (Å²) in [7, 11) is 0. The standard InChI is InChI=1S/C12H19NO3/c1-8-6-13(7-10(8)12(15)16)11(14)9-4-2-3-5-9/h8-10H,2-7H2,1H3,(H,15,16)/t8-,10-/m1/s1. The Kier molecular flexibility index (Phi) is 3.17. The Morgan fingerprint density at radius 3 is 2.31 bits per heavy atom. The second-order valence-corrected chi connectivity index (χ2v) is 5.15. The highest BCUT2D eigenvalue weighted by atomic mass is 16.4. The normalized spacial score (nSPS) is 30.9. The van der Waals surface area contributed by atoms with Gasteiger partial charge in [0.2, 0.25) is 5.91 Å². The first-order valence-electron chi connectivity index (χ1n) is 6.11. The van der Waals surface area contributed by atoms with E-state index < -0.39 is 5.97 Å². The van der Waals surface area contributed by atoms with Crippen LogP contribution in [0.15, 0.2) is 0 Å². The molecule has 1 aliphatic carbocycles. The first-order valence-corrected chi connectivity index (χ1v) is 6.11. The molecule has 0 aromatic heterocycles. The fourth-order valence-electron chi connectivity index (χ4n) is 2.90. The molecule has 0 aromatic rings. The molecule has 1 amide bonds. The maximum atomic E-state index is 12.1. The van der Waals surface area contributed by atoms with Crippen LogP contribution in [0, 0.1) is 17.8 Å². The summed E-state index contributed by atoms with van der Waals surface area (Å²) in [6, 6.07) is 0. The fourth-order valence-corrected chi connectivity index (χ4v) is 2.90. The minimum atomic E-state index is -0.769. The number of amides is 1. The van der Waals surface area contributed by atoms with Gasteiger partial charge in [0.15, 0.2) is 0 Å². The van der Waals surface area contributed by atoms with Gasteiger partial charge in [0.1, 0.15) is 0 Å². The summed E-state index contributed by atoms with van der Waals surface area (Å²) in [5, 5.41) is 9.01. The smallest absolute Gasteiger partial charge is 0.308 e. The maximum absolute atomic E-state index is 12.1. The molecule has 0 radical (unpaired) electrons. The number of rotatable bonds is 2. The van der Waals surface area contributed by atoms with Gasteiger partial charge in [0, 0.05) is 19.0 Å². The molecular formula is C12H19NO3. The van der Waals surface area contributed by atoms with Gasteiger partial charge in [-0.25, -0.2) is 0 Å². The summed E-state index contributed by atoms with van der Waals surface area (Å²) in [4.78, 5) is 24.8. The third-order valence-electron chi connectivity index (χ3n) is 3.95. The van der Waals surface area contributed by atoms with Gasteiger partial charge in [-0.3, -0.25) is 9.59 Å². The number of aliphatic carboxylic acids is 1. The number of hydrogen-bond acceptors (Lipinski definition) is 2. The molecule has 1 aliphatic heterocycles. The van der Waals surface area contributed by atoms with Crippen LogP contribution >= 0.6 is 0 Å². The van der Waals surface area contributed by atoms with Crippen LogP contribution in [-0.2, 0) is 9.59 Å². The molecule has 1 saturated carbocycles. The van der Waals surface area contributed by atoms with Gasteiger partial charge in [-0.2, -0.15) is 0 Å². The molecule has 1 N–H and O–H groups in total. The van der Waals surface area contributed by atoms with Gasteiger partial charge in [0.25, 0.3) is 0 Å². The Bertz CT molecular complexity index is 297. The molecule has 2 rings (SSSR count). The molecule has 4 heteroatoms. The number of hydrogen-bond donors (Lipinski definition) is 1. The maximum Gasteiger partial charge on any atom is 0.308 e. The summed E-state index contributed by atoms with van der Waals surface area (Å²) in [5.41, 5.74) is 0. The molecule has 2 atom stereocenters. The lowest BCUT2D eigenvalue weighted by molar-refractivity contribution is -0.142. The summed E-state index contributed by atoms with van der Waals surface area (Å²) in [5.74, 6) is -0.699. The number of carbonyl (C=O) groups is 2. The van der Waals surface area contributed by atoms with E-state index >= 15 is 0 Å². The molecule has 16 heavy (non-hydrogen) atoms. The van der Waals surface area contributed by atoms with Crippen molar-refractivity contribution in [3.05, 3.63) is 0 Å². The zero-order valence-corrected chi connectivity index (χ0v) is 9.69. The molecular weight excluding hydrogens is 206 g/mol. The van der Waals surface area contributed by atoms with E-state index in [2.05, 4.69) is 0 Å². The topological polar surface area (TPSA) is 57.6 Å². The summed E-state index contributed by atoms with van der Waals surface area (Å²) in [6.07, 6.45) is 4.26. The van der Waals surface area contributed by atoms with Crippen LogP contribution < -0.4 is 0 Å². The van der Waals surface area contributed by atoms with Crippen LogP contribution in [-0.4, -0.2) is 35.0 Å². The third-order valence-corrected chi connectivity index (χ3v) is 3.95. The van der Waals surface area contributed by atoms with Gasteiger partial charge >= 0.3 is 5.97 Å². The number of carboxylic acids is 1. The molecule has 1 saturated heterocycles. The molecule has 4 nitrogen and oxygen atoms in total. The van der Waals surface area contributed by atoms with E-state index in [9.17, 15) is 9.59 Å². The van der Waals surface area contributed by atoms with Crippen LogP contribution in [0.4, 0.5) is 0 Å². The highest BCUT2D eigenvalue weighted by molar-refractivity contribution is 5.81. The zero-order chi connectivity index (χ0) is 11.7. The molecule has 2 aliphatic rings. The van der Waals surface area contributed by atoms with E-state index in [0.717, 1.165) is 25.7 Å². The molecule has 0 spiro atoms. The predicted octanol–water partition coefficient (Wildman–Crippen LogP) is 1.36. The van der Waals surface area contributed by atoms with E-state index in [1.54, 1.807) is 4.90 Å². The molecule has 2 fully saturated rings. The Balaban J connectivity index is 1.96. The van der Waals surface area contributed by atoms with Gasteiger partial charge in [-0.05, 0) is 18.8 Å². The van der Waals surface area contributed by atoms with E-state index in [4.69, 9.17) is 5.11 Å². The van der Waals surface area contributed by atoms with Gasteiger partial charge in [0.05, 0.1) is 5.92 Å². The van der Waals surface area contributed by atoms with Gasteiger partial charge < -0.3 is 10.0 Å². The number of carboxylic acid groups (broad SMARTS) is 1. The number of likely N-dealkylation sites (tertiary alicyclic amines) is 1. The SMILES string of the molecule is C[C@@H]1CN(C(=O)C2CCCC2)C[C@H]1C(=O)O. The Morgan fingerprint density at radius 1 is 1.19 bits per heavy atom. The van der Waals surface area contributed by atoms with Crippen LogP contribution in [0.3, 0.4) is 0 Å². The molecule has 0 bridgehead atoms. The van der Waals surface area contributed by atoms with Crippen molar-refractivity contribution in [2.75, 3.05) is 13.1 Å². The van der Waals surface area contributed by atoms with Crippen molar-refractivity contribution in [1.29, 1.82) is 0 Å². The fraction of sp³-hybridized carbons (Fsp3) is 0.833. The third kappa shape index (κ3) is 2.06. The monoisotopic (exact) mass is 225 g/mol. The van der Waals surface area contributed by atoms with Gasteiger partial charge in [-0.1, -0.05) is 19.8 Å². The zero-order valence-electron chi connectivity index (χ0n) is 9.69. The number of nitrogens with zero attached hydrogens (tertiary/aromatic N) is 1. The molecule has 0 aromatic carbocycles. The summed E-state index contributed by atoms with van der Waals surface area (Å²) in [6.45, 7) is 2.94. The van der Waals surface area contributed by atoms with E-state index in [1.807, 2.05) is 6.92 Å². The Morgan fingerprint density at radius 2 is 1.81 bits per heavy atom. The van der Waals surface area contributed by atoms with Crippen molar-refractivity contribution in [1.82, 2.24) is 4.90 Å². The van der Waals surface area contributed by atoms with E-state index in [1.165, 1.54) is 0 Å². The predicted molar refractivity (Wildman–Crippen MR) is 58.8 cm³/mol. The average molecular weight is 225 g/mol. The lowest BCUT2D eigenvalue weighted by Gasteiger charge is -2.20. The van der Waals surface area contributed by atoms with Gasteiger partial charge in [-0.15, -0.1) is 0 Å². The summed E-state index contributed by atoms with van der Waals surface area (Å²) >= 11 is 0. The van der Waals surface area contributed by atoms with Crippen LogP contribution in [0.25, 0.3) is 0 Å². The highest BCUT2D eigenvalue weighted by Crippen LogP contribution is 2.30.